The van der Waals surface area contributed by atoms with Crippen LogP contribution >= 0.6 is 0 Å². The summed E-state index contributed by atoms with van der Waals surface area (Å²) in [7, 11) is 2.04. The number of hydrogen-bond donors (Lipinski definition) is 2. The maximum Gasteiger partial charge on any atom is 0.253 e. The van der Waals surface area contributed by atoms with Crippen LogP contribution in [0.1, 0.15) is 54.2 Å². The molecule has 0 aliphatic carbocycles. The van der Waals surface area contributed by atoms with Crippen molar-refractivity contribution in [2.24, 2.45) is 0 Å². The maximum atomic E-state index is 13.1. The molecule has 0 unspecified atom stereocenters. The molecule has 1 amide bonds. The van der Waals surface area contributed by atoms with Crippen LogP contribution in [0.5, 0.6) is 0 Å². The Morgan fingerprint density at radius 3 is 2.53 bits per heavy atom. The molecule has 2 heterocycles. The fourth-order valence-corrected chi connectivity index (χ4v) is 4.02. The Morgan fingerprint density at radius 2 is 1.78 bits per heavy atom. The number of aromatic nitrogens is 1. The van der Waals surface area contributed by atoms with Crippen LogP contribution in [0, 0.1) is 13.8 Å². The zero-order valence-corrected chi connectivity index (χ0v) is 18.6. The molecule has 0 radical (unpaired) electrons. The number of hydrogen-bond acceptors (Lipinski definition) is 4. The zero-order chi connectivity index (χ0) is 22.8. The normalized spacial score (nSPS) is 13.5. The second-order valence-electron chi connectivity index (χ2n) is 8.47. The summed E-state index contributed by atoms with van der Waals surface area (Å²) < 4.78 is 0. The van der Waals surface area contributed by atoms with Crippen LogP contribution in [-0.2, 0) is 19.5 Å². The van der Waals surface area contributed by atoms with Gasteiger partial charge in [0.2, 0.25) is 0 Å². The van der Waals surface area contributed by atoms with Gasteiger partial charge in [-0.1, -0.05) is 30.3 Å². The molecule has 1 aliphatic heterocycles. The van der Waals surface area contributed by atoms with Gasteiger partial charge in [-0.05, 0) is 55.8 Å². The van der Waals surface area contributed by atoms with E-state index in [1.165, 1.54) is 0 Å². The summed E-state index contributed by atoms with van der Waals surface area (Å²) in [4.78, 5) is 43.7. The Morgan fingerprint density at radius 1 is 1.03 bits per heavy atom. The van der Waals surface area contributed by atoms with Crippen molar-refractivity contribution in [2.45, 2.75) is 33.4 Å². The van der Waals surface area contributed by atoms with Crippen molar-refractivity contribution < 1.29 is 9.59 Å². The number of benzene rings is 2. The molecule has 0 spiro atoms. The highest BCUT2D eigenvalue weighted by molar-refractivity contribution is 6.15. The average molecular weight is 430 g/mol. The third-order valence-corrected chi connectivity index (χ3v) is 6.10. The minimum absolute atomic E-state index is 0.0946. The summed E-state index contributed by atoms with van der Waals surface area (Å²) in [6, 6.07) is 14.2. The monoisotopic (exact) mass is 429 g/mol. The smallest absolute Gasteiger partial charge is 0.253 e. The molecule has 0 saturated heterocycles. The quantitative estimate of drug-likeness (QED) is 0.611. The molecule has 1 aromatic heterocycles. The van der Waals surface area contributed by atoms with Gasteiger partial charge in [0.1, 0.15) is 0 Å². The number of H-pyrrole nitrogens is 1. The highest BCUT2D eigenvalue weighted by Crippen LogP contribution is 2.18. The van der Waals surface area contributed by atoms with Gasteiger partial charge in [0, 0.05) is 48.4 Å². The number of amides is 1. The second kappa shape index (κ2) is 8.93. The lowest BCUT2D eigenvalue weighted by atomic mass is 9.95. The Balaban J connectivity index is 1.55. The van der Waals surface area contributed by atoms with E-state index in [2.05, 4.69) is 15.2 Å². The minimum atomic E-state index is -0.382. The number of nitrogens with zero attached hydrogens (tertiary/aromatic N) is 1. The fourth-order valence-electron chi connectivity index (χ4n) is 4.02. The SMILES string of the molecule is Cc1ccc(C(=O)c2ccccc2C(=O)NCc2cc3c([nH]c2=O)CCN(C)C3)cc1C. The van der Waals surface area contributed by atoms with E-state index in [1.54, 1.807) is 30.3 Å². The molecule has 4 rings (SSSR count). The van der Waals surface area contributed by atoms with Crippen LogP contribution < -0.4 is 10.9 Å². The van der Waals surface area contributed by atoms with E-state index < -0.39 is 0 Å². The molecule has 0 atom stereocenters. The summed E-state index contributed by atoms with van der Waals surface area (Å²) in [5.74, 6) is -0.583. The lowest BCUT2D eigenvalue weighted by molar-refractivity contribution is 0.0939. The maximum absolute atomic E-state index is 13.1. The van der Waals surface area contributed by atoms with Crippen LogP contribution in [0.25, 0.3) is 0 Å². The fraction of sp³-hybridized carbons (Fsp3) is 0.269. The number of carbonyl (C=O) groups is 2. The summed E-state index contributed by atoms with van der Waals surface area (Å²) in [5.41, 5.74) is 5.67. The highest BCUT2D eigenvalue weighted by Gasteiger charge is 2.20. The number of ketones is 1. The summed E-state index contributed by atoms with van der Waals surface area (Å²) in [5, 5.41) is 2.82. The molecule has 32 heavy (non-hydrogen) atoms. The lowest BCUT2D eigenvalue weighted by Gasteiger charge is -2.24. The molecule has 6 heteroatoms. The summed E-state index contributed by atoms with van der Waals surface area (Å²) in [6.07, 6.45) is 0.807. The number of pyridine rings is 1. The summed E-state index contributed by atoms with van der Waals surface area (Å²) >= 11 is 0. The van der Waals surface area contributed by atoms with Crippen molar-refractivity contribution in [3.8, 4) is 0 Å². The van der Waals surface area contributed by atoms with Gasteiger partial charge in [-0.15, -0.1) is 0 Å². The largest absolute Gasteiger partial charge is 0.348 e. The van der Waals surface area contributed by atoms with Gasteiger partial charge in [0.15, 0.2) is 5.78 Å². The van der Waals surface area contributed by atoms with Gasteiger partial charge >= 0.3 is 0 Å². The van der Waals surface area contributed by atoms with E-state index in [0.29, 0.717) is 22.3 Å². The number of likely N-dealkylation sites (N-methyl/N-ethyl adjacent to an activating group) is 1. The van der Waals surface area contributed by atoms with Crippen molar-refractivity contribution in [3.05, 3.63) is 104 Å². The topological polar surface area (TPSA) is 82.3 Å². The first-order chi connectivity index (χ1) is 15.3. The van der Waals surface area contributed by atoms with Crippen molar-refractivity contribution in [1.29, 1.82) is 0 Å². The molecule has 1 aliphatic rings. The number of nitrogens with one attached hydrogen (secondary N) is 2. The molecule has 6 nitrogen and oxygen atoms in total. The zero-order valence-electron chi connectivity index (χ0n) is 18.6. The first kappa shape index (κ1) is 21.7. The van der Waals surface area contributed by atoms with Crippen molar-refractivity contribution in [2.75, 3.05) is 13.6 Å². The van der Waals surface area contributed by atoms with E-state index in [1.807, 2.05) is 39.1 Å². The van der Waals surface area contributed by atoms with Crippen LogP contribution in [0.3, 0.4) is 0 Å². The second-order valence-corrected chi connectivity index (χ2v) is 8.47. The van der Waals surface area contributed by atoms with Crippen LogP contribution in [-0.4, -0.2) is 35.2 Å². The molecule has 0 saturated carbocycles. The molecule has 2 aromatic carbocycles. The standard InChI is InChI=1S/C26H27N3O3/c1-16-8-9-18(12-17(16)2)24(30)21-6-4-5-7-22(21)26(32)27-14-19-13-20-15-29(3)11-10-23(20)28-25(19)31/h4-9,12-13H,10-11,14-15H2,1-3H3,(H,27,32)(H,28,31). The van der Waals surface area contributed by atoms with Gasteiger partial charge in [-0.25, -0.2) is 0 Å². The molecule has 3 aromatic rings. The van der Waals surface area contributed by atoms with E-state index in [9.17, 15) is 14.4 Å². The average Bonchev–Trinajstić information content (AvgIpc) is 2.79. The number of rotatable bonds is 5. The number of fused-ring (bicyclic) bond motifs is 1. The highest BCUT2D eigenvalue weighted by atomic mass is 16.2. The van der Waals surface area contributed by atoms with Gasteiger partial charge in [0.25, 0.3) is 11.5 Å². The predicted molar refractivity (Wildman–Crippen MR) is 124 cm³/mol. The molecule has 0 bridgehead atoms. The molecular formula is C26H27N3O3. The Kier molecular flexibility index (Phi) is 6.06. The van der Waals surface area contributed by atoms with E-state index in [-0.39, 0.29) is 23.8 Å². The molecule has 164 valence electrons. The van der Waals surface area contributed by atoms with Crippen molar-refractivity contribution >= 4 is 11.7 Å². The molecule has 2 N–H and O–H groups in total. The van der Waals surface area contributed by atoms with E-state index >= 15 is 0 Å². The third kappa shape index (κ3) is 4.41. The third-order valence-electron chi connectivity index (χ3n) is 6.10. The predicted octanol–water partition coefficient (Wildman–Crippen LogP) is 3.14. The van der Waals surface area contributed by atoms with Crippen LogP contribution in [0.2, 0.25) is 0 Å². The first-order valence-corrected chi connectivity index (χ1v) is 10.7. The van der Waals surface area contributed by atoms with Crippen LogP contribution in [0.4, 0.5) is 0 Å². The summed E-state index contributed by atoms with van der Waals surface area (Å²) in [6.45, 7) is 5.71. The molecule has 0 fully saturated rings. The van der Waals surface area contributed by atoms with E-state index in [4.69, 9.17) is 0 Å². The van der Waals surface area contributed by atoms with Gasteiger partial charge in [0.05, 0.1) is 5.56 Å². The number of carbonyl (C=O) groups excluding carboxylic acids is 2. The van der Waals surface area contributed by atoms with Gasteiger partial charge in [-0.3, -0.25) is 14.4 Å². The number of aromatic amines is 1. The first-order valence-electron chi connectivity index (χ1n) is 10.7. The Bertz CT molecular complexity index is 1260. The van der Waals surface area contributed by atoms with Gasteiger partial charge in [-0.2, -0.15) is 0 Å². The van der Waals surface area contributed by atoms with Crippen molar-refractivity contribution in [3.63, 3.8) is 0 Å². The number of aryl methyl sites for hydroxylation is 2. The Hall–Kier alpha value is -3.51. The van der Waals surface area contributed by atoms with Crippen molar-refractivity contribution in [1.82, 2.24) is 15.2 Å². The minimum Gasteiger partial charge on any atom is -0.348 e. The molecular weight excluding hydrogens is 402 g/mol. The Labute approximate surface area is 187 Å². The van der Waals surface area contributed by atoms with Gasteiger partial charge < -0.3 is 15.2 Å². The lowest BCUT2D eigenvalue weighted by Crippen LogP contribution is -2.32. The van der Waals surface area contributed by atoms with E-state index in [0.717, 1.165) is 41.9 Å². The van der Waals surface area contributed by atoms with Crippen LogP contribution in [0.15, 0.2) is 53.3 Å².